The van der Waals surface area contributed by atoms with Crippen LogP contribution in [0.15, 0.2) is 48.5 Å². The summed E-state index contributed by atoms with van der Waals surface area (Å²) in [6.07, 6.45) is 1.05. The Morgan fingerprint density at radius 3 is 2.29 bits per heavy atom. The molecule has 0 saturated heterocycles. The second kappa shape index (κ2) is 8.86. The molecule has 0 spiro atoms. The number of ether oxygens (including phenoxy) is 1. The van der Waals surface area contributed by atoms with Crippen molar-refractivity contribution in [3.8, 4) is 16.9 Å². The minimum Gasteiger partial charge on any atom is -0.496 e. The first-order valence-electron chi connectivity index (χ1n) is 8.73. The molecule has 2 rings (SSSR count). The molecule has 3 N–H and O–H groups in total. The number of hydrogen-bond acceptors (Lipinski definition) is 3. The Morgan fingerprint density at radius 2 is 1.67 bits per heavy atom. The van der Waals surface area contributed by atoms with E-state index in [1.165, 1.54) is 11.1 Å². The summed E-state index contributed by atoms with van der Waals surface area (Å²) in [6.45, 7) is 7.44. The van der Waals surface area contributed by atoms with E-state index in [2.05, 4.69) is 56.4 Å². The zero-order valence-corrected chi connectivity index (χ0v) is 15.3. The molecule has 0 radical (unpaired) electrons. The third-order valence-electron chi connectivity index (χ3n) is 4.29. The number of methoxy groups -OCH3 is 1. The van der Waals surface area contributed by atoms with Crippen LogP contribution in [0.5, 0.6) is 5.75 Å². The van der Waals surface area contributed by atoms with Gasteiger partial charge in [0.05, 0.1) is 7.11 Å². The molecule has 24 heavy (non-hydrogen) atoms. The summed E-state index contributed by atoms with van der Waals surface area (Å²) < 4.78 is 5.45. The fourth-order valence-electron chi connectivity index (χ4n) is 2.97. The molecule has 2 atom stereocenters. The van der Waals surface area contributed by atoms with E-state index < -0.39 is 0 Å². The highest BCUT2D eigenvalue weighted by Gasteiger charge is 2.10. The summed E-state index contributed by atoms with van der Waals surface area (Å²) in [4.78, 5) is 0. The van der Waals surface area contributed by atoms with Gasteiger partial charge in [0.2, 0.25) is 0 Å². The minimum atomic E-state index is 0.209. The molecule has 0 aliphatic heterocycles. The van der Waals surface area contributed by atoms with Crippen LogP contribution in [0.4, 0.5) is 0 Å². The van der Waals surface area contributed by atoms with Gasteiger partial charge in [-0.2, -0.15) is 0 Å². The largest absolute Gasteiger partial charge is 0.496 e. The Bertz CT molecular complexity index is 622. The van der Waals surface area contributed by atoms with Crippen molar-refractivity contribution in [2.45, 2.75) is 39.3 Å². The average molecular weight is 326 g/mol. The molecule has 0 aromatic heterocycles. The zero-order chi connectivity index (χ0) is 17.5. The van der Waals surface area contributed by atoms with Crippen molar-refractivity contribution >= 4 is 0 Å². The Morgan fingerprint density at radius 1 is 1.00 bits per heavy atom. The van der Waals surface area contributed by atoms with Crippen molar-refractivity contribution in [1.29, 1.82) is 0 Å². The quantitative estimate of drug-likeness (QED) is 0.756. The number of benzene rings is 2. The van der Waals surface area contributed by atoms with E-state index in [0.717, 1.165) is 24.3 Å². The first-order valence-corrected chi connectivity index (χ1v) is 8.73. The molecule has 0 amide bonds. The maximum Gasteiger partial charge on any atom is 0.126 e. The maximum atomic E-state index is 6.16. The predicted molar refractivity (Wildman–Crippen MR) is 102 cm³/mol. The van der Waals surface area contributed by atoms with E-state index in [1.54, 1.807) is 7.11 Å². The van der Waals surface area contributed by atoms with Crippen LogP contribution in [-0.2, 0) is 0 Å². The topological polar surface area (TPSA) is 47.3 Å². The van der Waals surface area contributed by atoms with E-state index in [4.69, 9.17) is 10.5 Å². The third kappa shape index (κ3) is 5.08. The van der Waals surface area contributed by atoms with Gasteiger partial charge in [-0.3, -0.25) is 0 Å². The van der Waals surface area contributed by atoms with Crippen molar-refractivity contribution in [3.05, 3.63) is 54.1 Å². The van der Waals surface area contributed by atoms with Crippen molar-refractivity contribution in [2.75, 3.05) is 13.7 Å². The molecule has 2 aromatic carbocycles. The molecule has 2 aromatic rings. The van der Waals surface area contributed by atoms with Crippen LogP contribution in [0, 0.1) is 5.92 Å². The maximum absolute atomic E-state index is 6.16. The molecule has 3 heteroatoms. The van der Waals surface area contributed by atoms with Crippen LogP contribution in [0.3, 0.4) is 0 Å². The van der Waals surface area contributed by atoms with Gasteiger partial charge in [0.1, 0.15) is 5.75 Å². The molecule has 0 saturated carbocycles. The Hall–Kier alpha value is -1.84. The Balaban J connectivity index is 2.01. The lowest BCUT2D eigenvalue weighted by Gasteiger charge is -2.19. The predicted octanol–water partition coefficient (Wildman–Crippen LogP) is 4.39. The number of nitrogens with two attached hydrogens (primary N) is 1. The van der Waals surface area contributed by atoms with Crippen LogP contribution in [0.1, 0.15) is 38.8 Å². The lowest BCUT2D eigenvalue weighted by molar-refractivity contribution is 0.416. The lowest BCUT2D eigenvalue weighted by Crippen LogP contribution is -2.36. The standard InChI is InChI=1S/C21H30N2O/c1-15(2)13-19(22)14-23-16(3)17-9-11-18(12-10-17)20-7-5-6-8-21(20)24-4/h5-12,15-16,19,23H,13-14,22H2,1-4H3/t16?,19-/m0/s1. The monoisotopic (exact) mass is 326 g/mol. The van der Waals surface area contributed by atoms with Crippen molar-refractivity contribution in [3.63, 3.8) is 0 Å². The van der Waals surface area contributed by atoms with E-state index >= 15 is 0 Å². The van der Waals surface area contributed by atoms with Crippen LogP contribution in [0.25, 0.3) is 11.1 Å². The van der Waals surface area contributed by atoms with Gasteiger partial charge < -0.3 is 15.8 Å². The van der Waals surface area contributed by atoms with Gasteiger partial charge in [0.15, 0.2) is 0 Å². The van der Waals surface area contributed by atoms with Gasteiger partial charge in [-0.15, -0.1) is 0 Å². The summed E-state index contributed by atoms with van der Waals surface area (Å²) in [5.41, 5.74) is 9.71. The molecular formula is C21H30N2O. The summed E-state index contributed by atoms with van der Waals surface area (Å²) in [7, 11) is 1.71. The van der Waals surface area contributed by atoms with E-state index in [-0.39, 0.29) is 12.1 Å². The van der Waals surface area contributed by atoms with Gasteiger partial charge in [0, 0.05) is 24.2 Å². The highest BCUT2D eigenvalue weighted by molar-refractivity contribution is 5.70. The number of hydrogen-bond donors (Lipinski definition) is 2. The molecule has 130 valence electrons. The molecule has 0 aliphatic carbocycles. The normalized spacial score (nSPS) is 13.8. The highest BCUT2D eigenvalue weighted by Crippen LogP contribution is 2.30. The van der Waals surface area contributed by atoms with E-state index in [1.807, 2.05) is 18.2 Å². The number of para-hydroxylation sites is 1. The summed E-state index contributed by atoms with van der Waals surface area (Å²) in [5, 5.41) is 3.54. The van der Waals surface area contributed by atoms with Crippen molar-refractivity contribution < 1.29 is 4.74 Å². The van der Waals surface area contributed by atoms with Crippen LogP contribution in [0.2, 0.25) is 0 Å². The molecule has 3 nitrogen and oxygen atoms in total. The molecular weight excluding hydrogens is 296 g/mol. The van der Waals surface area contributed by atoms with Gasteiger partial charge in [-0.1, -0.05) is 56.3 Å². The minimum absolute atomic E-state index is 0.209. The molecule has 0 bridgehead atoms. The molecule has 0 aliphatic rings. The molecule has 1 unspecified atom stereocenters. The molecule has 0 fully saturated rings. The van der Waals surface area contributed by atoms with E-state index in [9.17, 15) is 0 Å². The highest BCUT2D eigenvalue weighted by atomic mass is 16.5. The molecule has 0 heterocycles. The number of rotatable bonds is 8. The zero-order valence-electron chi connectivity index (χ0n) is 15.3. The van der Waals surface area contributed by atoms with Gasteiger partial charge in [-0.05, 0) is 36.5 Å². The van der Waals surface area contributed by atoms with Gasteiger partial charge in [-0.25, -0.2) is 0 Å². The number of nitrogens with one attached hydrogen (secondary N) is 1. The van der Waals surface area contributed by atoms with Crippen molar-refractivity contribution in [2.24, 2.45) is 11.7 Å². The summed E-state index contributed by atoms with van der Waals surface area (Å²) in [5.74, 6) is 1.54. The summed E-state index contributed by atoms with van der Waals surface area (Å²) >= 11 is 0. The Labute approximate surface area is 146 Å². The SMILES string of the molecule is COc1ccccc1-c1ccc(C(C)NC[C@@H](N)CC(C)C)cc1. The van der Waals surface area contributed by atoms with Crippen LogP contribution < -0.4 is 15.8 Å². The van der Waals surface area contributed by atoms with Crippen LogP contribution >= 0.6 is 0 Å². The van der Waals surface area contributed by atoms with E-state index in [0.29, 0.717) is 5.92 Å². The van der Waals surface area contributed by atoms with Crippen LogP contribution in [-0.4, -0.2) is 19.7 Å². The fraction of sp³-hybridized carbons (Fsp3) is 0.429. The third-order valence-corrected chi connectivity index (χ3v) is 4.29. The second-order valence-electron chi connectivity index (χ2n) is 6.84. The van der Waals surface area contributed by atoms with Gasteiger partial charge in [0.25, 0.3) is 0 Å². The van der Waals surface area contributed by atoms with Crippen molar-refractivity contribution in [1.82, 2.24) is 5.32 Å². The first-order chi connectivity index (χ1) is 11.5. The average Bonchev–Trinajstić information content (AvgIpc) is 2.59. The second-order valence-corrected chi connectivity index (χ2v) is 6.84. The summed E-state index contributed by atoms with van der Waals surface area (Å²) in [6, 6.07) is 17.2. The first kappa shape index (κ1) is 18.5. The Kier molecular flexibility index (Phi) is 6.83. The lowest BCUT2D eigenvalue weighted by atomic mass is 10.00. The fourth-order valence-corrected chi connectivity index (χ4v) is 2.97. The smallest absolute Gasteiger partial charge is 0.126 e. The van der Waals surface area contributed by atoms with Gasteiger partial charge >= 0.3 is 0 Å².